The van der Waals surface area contributed by atoms with Crippen molar-refractivity contribution in [2.24, 2.45) is 0 Å². The predicted molar refractivity (Wildman–Crippen MR) is 121 cm³/mol. The Bertz CT molecular complexity index is 1040. The van der Waals surface area contributed by atoms with E-state index < -0.39 is 22.0 Å². The van der Waals surface area contributed by atoms with Gasteiger partial charge in [0.15, 0.2) is 0 Å². The SMILES string of the molecule is CC[C@@H](C(=O)Nc1ccc(N2CCCC2=O)cc1)N(c1ccc(OC)cc1)S(C)(=O)=O. The Hall–Kier alpha value is -3.07. The molecule has 1 fully saturated rings. The molecule has 0 aliphatic carbocycles. The molecule has 9 heteroatoms. The first-order valence-electron chi connectivity index (χ1n) is 10.1. The van der Waals surface area contributed by atoms with E-state index in [0.29, 0.717) is 30.1 Å². The van der Waals surface area contributed by atoms with Gasteiger partial charge in [-0.25, -0.2) is 8.42 Å². The maximum absolute atomic E-state index is 13.0. The van der Waals surface area contributed by atoms with Crippen LogP contribution in [-0.2, 0) is 19.6 Å². The number of rotatable bonds is 8. The molecule has 0 saturated carbocycles. The van der Waals surface area contributed by atoms with Crippen LogP contribution < -0.4 is 19.3 Å². The van der Waals surface area contributed by atoms with Crippen LogP contribution in [0.5, 0.6) is 5.75 Å². The largest absolute Gasteiger partial charge is 0.497 e. The second kappa shape index (κ2) is 9.38. The molecule has 0 bridgehead atoms. The number of nitrogens with one attached hydrogen (secondary N) is 1. The fraction of sp³-hybridized carbons (Fsp3) is 0.364. The van der Waals surface area contributed by atoms with Crippen molar-refractivity contribution in [1.29, 1.82) is 0 Å². The van der Waals surface area contributed by atoms with Crippen LogP contribution in [0.1, 0.15) is 26.2 Å². The molecule has 2 amide bonds. The molecular weight excluding hydrogens is 418 g/mol. The van der Waals surface area contributed by atoms with Crippen LogP contribution in [0.25, 0.3) is 0 Å². The van der Waals surface area contributed by atoms with E-state index in [1.54, 1.807) is 60.4 Å². The summed E-state index contributed by atoms with van der Waals surface area (Å²) in [6, 6.07) is 12.6. The summed E-state index contributed by atoms with van der Waals surface area (Å²) in [5.74, 6) is 0.242. The molecule has 1 aliphatic heterocycles. The van der Waals surface area contributed by atoms with E-state index in [2.05, 4.69) is 5.32 Å². The van der Waals surface area contributed by atoms with Gasteiger partial charge < -0.3 is 15.0 Å². The van der Waals surface area contributed by atoms with E-state index in [9.17, 15) is 18.0 Å². The number of nitrogens with zero attached hydrogens (tertiary/aromatic N) is 2. The maximum Gasteiger partial charge on any atom is 0.248 e. The van der Waals surface area contributed by atoms with Gasteiger partial charge in [0, 0.05) is 24.3 Å². The fourth-order valence-corrected chi connectivity index (χ4v) is 4.87. The molecule has 1 atom stereocenters. The number of methoxy groups -OCH3 is 1. The number of hydrogen-bond acceptors (Lipinski definition) is 5. The van der Waals surface area contributed by atoms with Crippen molar-refractivity contribution in [3.05, 3.63) is 48.5 Å². The number of benzene rings is 2. The van der Waals surface area contributed by atoms with Crippen molar-refractivity contribution < 1.29 is 22.7 Å². The Morgan fingerprint density at radius 2 is 1.81 bits per heavy atom. The highest BCUT2D eigenvalue weighted by Crippen LogP contribution is 2.27. The van der Waals surface area contributed by atoms with Gasteiger partial charge in [-0.05, 0) is 61.4 Å². The van der Waals surface area contributed by atoms with Gasteiger partial charge in [0.2, 0.25) is 21.8 Å². The molecule has 2 aromatic carbocycles. The minimum Gasteiger partial charge on any atom is -0.497 e. The molecule has 0 unspecified atom stereocenters. The van der Waals surface area contributed by atoms with Crippen molar-refractivity contribution in [1.82, 2.24) is 0 Å². The third-order valence-corrected chi connectivity index (χ3v) is 6.36. The molecule has 3 rings (SSSR count). The zero-order chi connectivity index (χ0) is 22.6. The second-order valence-corrected chi connectivity index (χ2v) is 9.23. The summed E-state index contributed by atoms with van der Waals surface area (Å²) in [6.45, 7) is 2.45. The third kappa shape index (κ3) is 5.16. The molecule has 8 nitrogen and oxygen atoms in total. The monoisotopic (exact) mass is 445 g/mol. The van der Waals surface area contributed by atoms with Crippen molar-refractivity contribution in [2.75, 3.05) is 34.4 Å². The van der Waals surface area contributed by atoms with Crippen LogP contribution in [0.3, 0.4) is 0 Å². The first-order chi connectivity index (χ1) is 14.7. The Morgan fingerprint density at radius 3 is 2.29 bits per heavy atom. The van der Waals surface area contributed by atoms with Crippen molar-refractivity contribution in [3.8, 4) is 5.75 Å². The highest BCUT2D eigenvalue weighted by atomic mass is 32.2. The van der Waals surface area contributed by atoms with Gasteiger partial charge in [0.1, 0.15) is 11.8 Å². The lowest BCUT2D eigenvalue weighted by molar-refractivity contribution is -0.118. The average Bonchev–Trinajstić information content (AvgIpc) is 3.17. The average molecular weight is 446 g/mol. The van der Waals surface area contributed by atoms with Crippen molar-refractivity contribution >= 4 is 38.9 Å². The molecule has 1 aliphatic rings. The lowest BCUT2D eigenvalue weighted by Gasteiger charge is -2.30. The Balaban J connectivity index is 1.80. The van der Waals surface area contributed by atoms with Crippen LogP contribution in [0.15, 0.2) is 48.5 Å². The summed E-state index contributed by atoms with van der Waals surface area (Å²) < 4.78 is 31.3. The van der Waals surface area contributed by atoms with Crippen molar-refractivity contribution in [2.45, 2.75) is 32.2 Å². The quantitative estimate of drug-likeness (QED) is 0.674. The molecular formula is C22H27N3O5S. The maximum atomic E-state index is 13.0. The number of sulfonamides is 1. The van der Waals surface area contributed by atoms with Crippen LogP contribution in [0.4, 0.5) is 17.1 Å². The molecule has 1 saturated heterocycles. The Labute approximate surface area is 182 Å². The predicted octanol–water partition coefficient (Wildman–Crippen LogP) is 3.01. The van der Waals surface area contributed by atoms with Gasteiger partial charge in [-0.3, -0.25) is 13.9 Å². The Morgan fingerprint density at radius 1 is 1.16 bits per heavy atom. The van der Waals surface area contributed by atoms with E-state index in [1.165, 1.54) is 7.11 Å². The van der Waals surface area contributed by atoms with Gasteiger partial charge in [-0.1, -0.05) is 6.92 Å². The van der Waals surface area contributed by atoms with Crippen LogP contribution in [-0.4, -0.2) is 46.2 Å². The van der Waals surface area contributed by atoms with Crippen LogP contribution in [0, 0.1) is 0 Å². The number of amides is 2. The highest BCUT2D eigenvalue weighted by Gasteiger charge is 2.31. The van der Waals surface area contributed by atoms with Gasteiger partial charge in [-0.15, -0.1) is 0 Å². The fourth-order valence-electron chi connectivity index (χ4n) is 3.66. The summed E-state index contributed by atoms with van der Waals surface area (Å²) >= 11 is 0. The molecule has 1 N–H and O–H groups in total. The molecule has 166 valence electrons. The second-order valence-electron chi connectivity index (χ2n) is 7.37. The topological polar surface area (TPSA) is 96.0 Å². The standard InChI is InChI=1S/C22H27N3O5S/c1-4-20(25(31(3,28)29)18-11-13-19(30-2)14-12-18)22(27)23-16-7-9-17(10-8-16)24-15-5-6-21(24)26/h7-14,20H,4-6,15H2,1-3H3,(H,23,27)/t20-/m0/s1. The van der Waals surface area contributed by atoms with E-state index in [4.69, 9.17) is 4.74 Å². The number of carbonyl (C=O) groups is 2. The molecule has 1 heterocycles. The molecule has 31 heavy (non-hydrogen) atoms. The van der Waals surface area contributed by atoms with Crippen LogP contribution >= 0.6 is 0 Å². The minimum absolute atomic E-state index is 0.0890. The van der Waals surface area contributed by atoms with E-state index >= 15 is 0 Å². The third-order valence-electron chi connectivity index (χ3n) is 5.18. The molecule has 2 aromatic rings. The van der Waals surface area contributed by atoms with Gasteiger partial charge in [0.05, 0.1) is 19.1 Å². The molecule has 0 spiro atoms. The number of hydrogen-bond donors (Lipinski definition) is 1. The smallest absolute Gasteiger partial charge is 0.248 e. The molecule has 0 aromatic heterocycles. The van der Waals surface area contributed by atoms with E-state index in [1.807, 2.05) is 0 Å². The van der Waals surface area contributed by atoms with Gasteiger partial charge in [0.25, 0.3) is 0 Å². The Kier molecular flexibility index (Phi) is 6.84. The van der Waals surface area contributed by atoms with Gasteiger partial charge in [-0.2, -0.15) is 0 Å². The number of carbonyl (C=O) groups excluding carboxylic acids is 2. The highest BCUT2D eigenvalue weighted by molar-refractivity contribution is 7.92. The molecule has 0 radical (unpaired) electrons. The van der Waals surface area contributed by atoms with Crippen LogP contribution in [0.2, 0.25) is 0 Å². The van der Waals surface area contributed by atoms with Crippen molar-refractivity contribution in [3.63, 3.8) is 0 Å². The summed E-state index contributed by atoms with van der Waals surface area (Å²) in [4.78, 5) is 26.6. The summed E-state index contributed by atoms with van der Waals surface area (Å²) in [6.07, 6.45) is 2.74. The summed E-state index contributed by atoms with van der Waals surface area (Å²) in [5, 5.41) is 2.79. The zero-order valence-electron chi connectivity index (χ0n) is 17.9. The normalized spacial score (nSPS) is 14.9. The van der Waals surface area contributed by atoms with E-state index in [0.717, 1.165) is 22.7 Å². The zero-order valence-corrected chi connectivity index (χ0v) is 18.7. The minimum atomic E-state index is -3.72. The number of anilines is 3. The summed E-state index contributed by atoms with van der Waals surface area (Å²) in [7, 11) is -2.20. The van der Waals surface area contributed by atoms with E-state index in [-0.39, 0.29) is 12.3 Å². The lowest BCUT2D eigenvalue weighted by Crippen LogP contribution is -2.47. The number of ether oxygens (including phenoxy) is 1. The summed E-state index contributed by atoms with van der Waals surface area (Å²) in [5.41, 5.74) is 1.69. The lowest BCUT2D eigenvalue weighted by atomic mass is 10.1. The first-order valence-corrected chi connectivity index (χ1v) is 11.9. The first kappa shape index (κ1) is 22.6. The van der Waals surface area contributed by atoms with Gasteiger partial charge >= 0.3 is 0 Å².